The van der Waals surface area contributed by atoms with Crippen LogP contribution in [0.15, 0.2) is 54.6 Å². The number of alkyl carbamates (subject to hydrolysis) is 1. The van der Waals surface area contributed by atoms with Crippen molar-refractivity contribution < 1.29 is 19.1 Å². The lowest BCUT2D eigenvalue weighted by Gasteiger charge is -2.31. The minimum Gasteiger partial charge on any atom is -0.444 e. The maximum Gasteiger partial charge on any atom is 0.408 e. The molecule has 7 nitrogen and oxygen atoms in total. The van der Waals surface area contributed by atoms with Crippen LogP contribution in [0.1, 0.15) is 49.9 Å². The summed E-state index contributed by atoms with van der Waals surface area (Å²) in [5.41, 5.74) is 1.20. The Bertz CT molecular complexity index is 1030. The van der Waals surface area contributed by atoms with Gasteiger partial charge in [-0.15, -0.1) is 0 Å². The molecular formula is C25H29N3O4. The van der Waals surface area contributed by atoms with E-state index < -0.39 is 23.2 Å². The Balaban J connectivity index is 1.59. The molecule has 0 spiro atoms. The summed E-state index contributed by atoms with van der Waals surface area (Å²) in [5, 5.41) is 8.90. The van der Waals surface area contributed by atoms with Crippen LogP contribution in [-0.2, 0) is 26.2 Å². The Labute approximate surface area is 187 Å². The largest absolute Gasteiger partial charge is 0.444 e. The van der Waals surface area contributed by atoms with Crippen LogP contribution in [0.3, 0.4) is 0 Å². The lowest BCUT2D eigenvalue weighted by atomic mass is 9.78. The second-order valence-corrected chi connectivity index (χ2v) is 9.51. The summed E-state index contributed by atoms with van der Waals surface area (Å²) in [7, 11) is 0. The third-order valence-corrected chi connectivity index (χ3v) is 6.03. The Morgan fingerprint density at radius 2 is 1.72 bits per heavy atom. The van der Waals surface area contributed by atoms with Crippen molar-refractivity contribution >= 4 is 17.9 Å². The Morgan fingerprint density at radius 1 is 1.03 bits per heavy atom. The van der Waals surface area contributed by atoms with Crippen LogP contribution in [0.2, 0.25) is 0 Å². The topological polar surface area (TPSA) is 96.5 Å². The Morgan fingerprint density at radius 3 is 2.38 bits per heavy atom. The van der Waals surface area contributed by atoms with Crippen molar-refractivity contribution in [2.24, 2.45) is 0 Å². The SMILES string of the molecule is CC(C)(C)OC(=O)NC1c2ccccc2C[C@@H]1NC(=O)C1(c2ccccc2)CNC(=O)C1. The van der Waals surface area contributed by atoms with Gasteiger partial charge in [0.1, 0.15) is 11.0 Å². The molecule has 3 atom stereocenters. The maximum absolute atomic E-state index is 13.6. The lowest BCUT2D eigenvalue weighted by Crippen LogP contribution is -2.52. The van der Waals surface area contributed by atoms with Crippen LogP contribution in [0.5, 0.6) is 0 Å². The van der Waals surface area contributed by atoms with E-state index in [9.17, 15) is 14.4 Å². The van der Waals surface area contributed by atoms with E-state index in [1.165, 1.54) is 0 Å². The number of rotatable bonds is 4. The summed E-state index contributed by atoms with van der Waals surface area (Å²) in [4.78, 5) is 38.3. The lowest BCUT2D eigenvalue weighted by molar-refractivity contribution is -0.129. The minimum absolute atomic E-state index is 0.0900. The van der Waals surface area contributed by atoms with E-state index in [0.29, 0.717) is 6.42 Å². The van der Waals surface area contributed by atoms with Crippen molar-refractivity contribution in [1.29, 1.82) is 0 Å². The first-order valence-electron chi connectivity index (χ1n) is 10.9. The van der Waals surface area contributed by atoms with E-state index in [4.69, 9.17) is 4.74 Å². The maximum atomic E-state index is 13.6. The molecule has 3 N–H and O–H groups in total. The van der Waals surface area contributed by atoms with Crippen LogP contribution in [-0.4, -0.2) is 36.1 Å². The zero-order chi connectivity index (χ0) is 22.9. The van der Waals surface area contributed by atoms with Crippen LogP contribution in [0.25, 0.3) is 0 Å². The number of nitrogens with one attached hydrogen (secondary N) is 3. The van der Waals surface area contributed by atoms with Gasteiger partial charge in [-0.05, 0) is 43.9 Å². The molecule has 2 aromatic carbocycles. The number of benzene rings is 2. The molecule has 168 valence electrons. The fourth-order valence-corrected chi connectivity index (χ4v) is 4.55. The van der Waals surface area contributed by atoms with Gasteiger partial charge in [-0.2, -0.15) is 0 Å². The zero-order valence-corrected chi connectivity index (χ0v) is 18.6. The van der Waals surface area contributed by atoms with E-state index >= 15 is 0 Å². The first kappa shape index (κ1) is 21.9. The van der Waals surface area contributed by atoms with Gasteiger partial charge in [0.25, 0.3) is 0 Å². The molecule has 0 saturated carbocycles. The first-order chi connectivity index (χ1) is 15.2. The van der Waals surface area contributed by atoms with E-state index in [0.717, 1.165) is 16.7 Å². The van der Waals surface area contributed by atoms with Crippen LogP contribution < -0.4 is 16.0 Å². The molecule has 0 aromatic heterocycles. The average Bonchev–Trinajstić information content (AvgIpc) is 3.29. The molecule has 2 unspecified atom stereocenters. The number of fused-ring (bicyclic) bond motifs is 1. The van der Waals surface area contributed by atoms with Gasteiger partial charge in [-0.1, -0.05) is 54.6 Å². The van der Waals surface area contributed by atoms with Crippen molar-refractivity contribution in [3.63, 3.8) is 0 Å². The van der Waals surface area contributed by atoms with Gasteiger partial charge in [0.15, 0.2) is 0 Å². The predicted octanol–water partition coefficient (Wildman–Crippen LogP) is 2.75. The summed E-state index contributed by atoms with van der Waals surface area (Å²) >= 11 is 0. The highest BCUT2D eigenvalue weighted by atomic mass is 16.6. The van der Waals surface area contributed by atoms with Crippen molar-refractivity contribution in [2.45, 2.75) is 56.7 Å². The first-order valence-corrected chi connectivity index (χ1v) is 10.9. The van der Waals surface area contributed by atoms with E-state index in [1.54, 1.807) is 0 Å². The van der Waals surface area contributed by atoms with Gasteiger partial charge >= 0.3 is 6.09 Å². The molecule has 1 fully saturated rings. The minimum atomic E-state index is -0.983. The van der Waals surface area contributed by atoms with Gasteiger partial charge in [0.05, 0.1) is 12.1 Å². The molecule has 2 aromatic rings. The summed E-state index contributed by atoms with van der Waals surface area (Å²) in [6.07, 6.45) is 0.135. The van der Waals surface area contributed by atoms with Gasteiger partial charge < -0.3 is 20.7 Å². The smallest absolute Gasteiger partial charge is 0.408 e. The van der Waals surface area contributed by atoms with Crippen molar-refractivity contribution in [1.82, 2.24) is 16.0 Å². The number of hydrogen-bond donors (Lipinski definition) is 3. The predicted molar refractivity (Wildman–Crippen MR) is 120 cm³/mol. The normalized spacial score (nSPS) is 24.4. The van der Waals surface area contributed by atoms with E-state index in [2.05, 4.69) is 16.0 Å². The van der Waals surface area contributed by atoms with Crippen LogP contribution >= 0.6 is 0 Å². The standard InChI is InChI=1S/C25H29N3O4/c1-24(2,3)32-23(31)28-21-18-12-8-7-9-16(18)13-19(21)27-22(30)25(14-20(29)26-15-25)17-10-5-4-6-11-17/h4-12,19,21H,13-15H2,1-3H3,(H,26,29)(H,27,30)(H,28,31)/t19-,21?,25?/m0/s1. The highest BCUT2D eigenvalue weighted by molar-refractivity contribution is 5.97. The molecule has 0 bridgehead atoms. The molecule has 1 heterocycles. The molecule has 7 heteroatoms. The molecule has 1 aliphatic carbocycles. The van der Waals surface area contributed by atoms with Crippen LogP contribution in [0, 0.1) is 0 Å². The molecule has 32 heavy (non-hydrogen) atoms. The number of hydrogen-bond acceptors (Lipinski definition) is 4. The average molecular weight is 436 g/mol. The highest BCUT2D eigenvalue weighted by Crippen LogP contribution is 2.35. The molecule has 0 radical (unpaired) electrons. The van der Waals surface area contributed by atoms with Crippen molar-refractivity contribution in [3.05, 3.63) is 71.3 Å². The second kappa shape index (κ2) is 8.30. The second-order valence-electron chi connectivity index (χ2n) is 9.51. The van der Waals surface area contributed by atoms with E-state index in [-0.39, 0.29) is 30.8 Å². The number of carbonyl (C=O) groups is 3. The van der Waals surface area contributed by atoms with E-state index in [1.807, 2.05) is 75.4 Å². The third kappa shape index (κ3) is 4.33. The fourth-order valence-electron chi connectivity index (χ4n) is 4.55. The summed E-state index contributed by atoms with van der Waals surface area (Å²) in [6.45, 7) is 5.66. The molecule has 2 aliphatic rings. The summed E-state index contributed by atoms with van der Waals surface area (Å²) < 4.78 is 5.45. The Hall–Kier alpha value is -3.35. The third-order valence-electron chi connectivity index (χ3n) is 6.03. The van der Waals surface area contributed by atoms with Crippen molar-refractivity contribution in [3.8, 4) is 0 Å². The zero-order valence-electron chi connectivity index (χ0n) is 18.6. The monoisotopic (exact) mass is 435 g/mol. The fraction of sp³-hybridized carbons (Fsp3) is 0.400. The summed E-state index contributed by atoms with van der Waals surface area (Å²) in [6, 6.07) is 16.4. The molecular weight excluding hydrogens is 406 g/mol. The van der Waals surface area contributed by atoms with Gasteiger partial charge in [-0.25, -0.2) is 4.79 Å². The molecule has 1 saturated heterocycles. The molecule has 3 amide bonds. The molecule has 1 aliphatic heterocycles. The highest BCUT2D eigenvalue weighted by Gasteiger charge is 2.48. The number of amides is 3. The van der Waals surface area contributed by atoms with Gasteiger partial charge in [-0.3, -0.25) is 9.59 Å². The number of carbonyl (C=O) groups excluding carboxylic acids is 3. The Kier molecular flexibility index (Phi) is 5.67. The van der Waals surface area contributed by atoms with Crippen LogP contribution in [0.4, 0.5) is 4.79 Å². The summed E-state index contributed by atoms with van der Waals surface area (Å²) in [5.74, 6) is -0.377. The quantitative estimate of drug-likeness (QED) is 0.688. The van der Waals surface area contributed by atoms with Crippen molar-refractivity contribution in [2.75, 3.05) is 6.54 Å². The van der Waals surface area contributed by atoms with Gasteiger partial charge in [0, 0.05) is 13.0 Å². The molecule has 4 rings (SSSR count). The number of ether oxygens (including phenoxy) is 1. The van der Waals surface area contributed by atoms with Gasteiger partial charge in [0.2, 0.25) is 11.8 Å².